The van der Waals surface area contributed by atoms with Crippen LogP contribution < -0.4 is 0 Å². The third-order valence-corrected chi connectivity index (χ3v) is 5.80. The molecule has 2 aromatic rings. The molecule has 0 N–H and O–H groups in total. The number of hydrogen-bond acceptors (Lipinski definition) is 2. The number of rotatable bonds is 8. The quantitative estimate of drug-likeness (QED) is 0.424. The third kappa shape index (κ3) is 6.15. The molecule has 0 saturated carbocycles. The third-order valence-electron chi connectivity index (χ3n) is 2.95. The van der Waals surface area contributed by atoms with Crippen molar-refractivity contribution in [1.82, 2.24) is 0 Å². The van der Waals surface area contributed by atoms with Gasteiger partial charge in [-0.25, -0.2) is 0 Å². The molecular weight excluding hydrogens is 339 g/mol. The highest BCUT2D eigenvalue weighted by atomic mass is 35.5. The molecule has 0 fully saturated rings. The lowest BCUT2D eigenvalue weighted by atomic mass is 10.1. The first-order chi connectivity index (χ1) is 10.3. The fourth-order valence-electron chi connectivity index (χ4n) is 1.96. The molecule has 2 rings (SSSR count). The van der Waals surface area contributed by atoms with Gasteiger partial charge in [-0.3, -0.25) is 0 Å². The van der Waals surface area contributed by atoms with E-state index in [9.17, 15) is 0 Å². The molecular formula is C17H18Cl2S2. The van der Waals surface area contributed by atoms with Gasteiger partial charge in [0.1, 0.15) is 0 Å². The maximum atomic E-state index is 5.70. The molecule has 0 saturated heterocycles. The molecule has 0 unspecified atom stereocenters. The SMILES string of the molecule is ClCCSc1ccc(Cc2ccc(SCCCl)cc2)cc1. The van der Waals surface area contributed by atoms with Crippen molar-refractivity contribution in [1.29, 1.82) is 0 Å². The Labute approximate surface area is 145 Å². The van der Waals surface area contributed by atoms with Gasteiger partial charge in [0, 0.05) is 33.1 Å². The van der Waals surface area contributed by atoms with Crippen molar-refractivity contribution >= 4 is 46.7 Å². The summed E-state index contributed by atoms with van der Waals surface area (Å²) in [4.78, 5) is 2.57. The fourth-order valence-corrected chi connectivity index (χ4v) is 3.70. The van der Waals surface area contributed by atoms with Crippen molar-refractivity contribution < 1.29 is 0 Å². The van der Waals surface area contributed by atoms with Crippen LogP contribution in [0.2, 0.25) is 0 Å². The van der Waals surface area contributed by atoms with E-state index in [2.05, 4.69) is 48.5 Å². The van der Waals surface area contributed by atoms with Gasteiger partial charge < -0.3 is 0 Å². The molecule has 4 heteroatoms. The molecule has 0 heterocycles. The lowest BCUT2D eigenvalue weighted by Gasteiger charge is -2.05. The van der Waals surface area contributed by atoms with Gasteiger partial charge in [-0.05, 0) is 41.8 Å². The zero-order chi connectivity index (χ0) is 14.9. The minimum absolute atomic E-state index is 0.695. The summed E-state index contributed by atoms with van der Waals surface area (Å²) in [6, 6.07) is 17.5. The molecule has 112 valence electrons. The molecule has 0 aliphatic heterocycles. The lowest BCUT2D eigenvalue weighted by molar-refractivity contribution is 1.17. The van der Waals surface area contributed by atoms with Gasteiger partial charge >= 0.3 is 0 Å². The number of benzene rings is 2. The van der Waals surface area contributed by atoms with Crippen molar-refractivity contribution in [2.75, 3.05) is 23.3 Å². The first-order valence-corrected chi connectivity index (χ1v) is 9.91. The van der Waals surface area contributed by atoms with Crippen LogP contribution in [0.25, 0.3) is 0 Å². The summed E-state index contributed by atoms with van der Waals surface area (Å²) >= 11 is 15.0. The van der Waals surface area contributed by atoms with Crippen molar-refractivity contribution in [3.05, 3.63) is 59.7 Å². The summed E-state index contributed by atoms with van der Waals surface area (Å²) in [7, 11) is 0. The van der Waals surface area contributed by atoms with E-state index >= 15 is 0 Å². The van der Waals surface area contributed by atoms with Crippen LogP contribution in [0.4, 0.5) is 0 Å². The van der Waals surface area contributed by atoms with Gasteiger partial charge in [-0.15, -0.1) is 46.7 Å². The van der Waals surface area contributed by atoms with Gasteiger partial charge in [0.05, 0.1) is 0 Å². The predicted octanol–water partition coefficient (Wildman–Crippen LogP) is 5.94. The standard InChI is InChI=1S/C17H18Cl2S2/c18-9-11-20-16-5-1-14(2-6-16)13-15-3-7-17(8-4-15)21-12-10-19/h1-8H,9-13H2. The maximum Gasteiger partial charge on any atom is 0.0317 e. The highest BCUT2D eigenvalue weighted by Crippen LogP contribution is 2.22. The average molecular weight is 357 g/mol. The summed E-state index contributed by atoms with van der Waals surface area (Å²) in [5, 5.41) is 0. The molecule has 0 aromatic heterocycles. The Morgan fingerprint density at radius 2 is 1.00 bits per heavy atom. The van der Waals surface area contributed by atoms with E-state index in [4.69, 9.17) is 23.2 Å². The zero-order valence-electron chi connectivity index (χ0n) is 11.7. The van der Waals surface area contributed by atoms with Crippen molar-refractivity contribution in [3.8, 4) is 0 Å². The van der Waals surface area contributed by atoms with E-state index in [1.54, 1.807) is 23.5 Å². The fraction of sp³-hybridized carbons (Fsp3) is 0.294. The number of halogens is 2. The summed E-state index contributed by atoms with van der Waals surface area (Å²) in [5.74, 6) is 3.31. The van der Waals surface area contributed by atoms with Crippen LogP contribution in [0.3, 0.4) is 0 Å². The Balaban J connectivity index is 1.91. The molecule has 0 radical (unpaired) electrons. The molecule has 0 aliphatic rings. The summed E-state index contributed by atoms with van der Waals surface area (Å²) in [6.45, 7) is 0. The predicted molar refractivity (Wildman–Crippen MR) is 98.6 cm³/mol. The van der Waals surface area contributed by atoms with E-state index in [-0.39, 0.29) is 0 Å². The molecule has 0 amide bonds. The Bertz CT molecular complexity index is 474. The van der Waals surface area contributed by atoms with Crippen molar-refractivity contribution in [3.63, 3.8) is 0 Å². The number of alkyl halides is 2. The van der Waals surface area contributed by atoms with Crippen LogP contribution in [-0.4, -0.2) is 23.3 Å². The Morgan fingerprint density at radius 3 is 1.33 bits per heavy atom. The van der Waals surface area contributed by atoms with Gasteiger partial charge in [-0.2, -0.15) is 0 Å². The Hall–Kier alpha value is -0.280. The zero-order valence-corrected chi connectivity index (χ0v) is 14.9. The Kier molecular flexibility index (Phi) is 7.87. The van der Waals surface area contributed by atoms with E-state index in [0.717, 1.165) is 17.9 Å². The minimum atomic E-state index is 0.695. The van der Waals surface area contributed by atoms with Crippen LogP contribution in [0.5, 0.6) is 0 Å². The lowest BCUT2D eigenvalue weighted by Crippen LogP contribution is -1.89. The minimum Gasteiger partial charge on any atom is -0.126 e. The topological polar surface area (TPSA) is 0 Å². The smallest absolute Gasteiger partial charge is 0.0317 e. The number of thioether (sulfide) groups is 2. The molecule has 21 heavy (non-hydrogen) atoms. The second-order valence-corrected chi connectivity index (χ2v) is 7.63. The monoisotopic (exact) mass is 356 g/mol. The van der Waals surface area contributed by atoms with E-state index in [1.165, 1.54) is 20.9 Å². The van der Waals surface area contributed by atoms with E-state index in [1.807, 2.05) is 0 Å². The van der Waals surface area contributed by atoms with Crippen LogP contribution >= 0.6 is 46.7 Å². The summed E-state index contributed by atoms with van der Waals surface area (Å²) in [6.07, 6.45) is 0.973. The first-order valence-electron chi connectivity index (χ1n) is 6.87. The van der Waals surface area contributed by atoms with Crippen LogP contribution in [-0.2, 0) is 6.42 Å². The molecule has 0 spiro atoms. The van der Waals surface area contributed by atoms with Crippen LogP contribution in [0.15, 0.2) is 58.3 Å². The van der Waals surface area contributed by atoms with Gasteiger partial charge in [0.15, 0.2) is 0 Å². The number of hydrogen-bond donors (Lipinski definition) is 0. The molecule has 2 aromatic carbocycles. The van der Waals surface area contributed by atoms with E-state index in [0.29, 0.717) is 11.8 Å². The van der Waals surface area contributed by atoms with Crippen molar-refractivity contribution in [2.45, 2.75) is 16.2 Å². The van der Waals surface area contributed by atoms with Crippen molar-refractivity contribution in [2.24, 2.45) is 0 Å². The Morgan fingerprint density at radius 1 is 0.619 bits per heavy atom. The molecule has 0 atom stereocenters. The molecule has 0 nitrogen and oxygen atoms in total. The van der Waals surface area contributed by atoms with Gasteiger partial charge in [0.2, 0.25) is 0 Å². The second kappa shape index (κ2) is 9.68. The highest BCUT2D eigenvalue weighted by molar-refractivity contribution is 7.99. The van der Waals surface area contributed by atoms with Gasteiger partial charge in [0.25, 0.3) is 0 Å². The largest absolute Gasteiger partial charge is 0.126 e. The van der Waals surface area contributed by atoms with Crippen LogP contribution in [0.1, 0.15) is 11.1 Å². The van der Waals surface area contributed by atoms with Gasteiger partial charge in [-0.1, -0.05) is 24.3 Å². The van der Waals surface area contributed by atoms with E-state index < -0.39 is 0 Å². The van der Waals surface area contributed by atoms with Crippen LogP contribution in [0, 0.1) is 0 Å². The average Bonchev–Trinajstić information content (AvgIpc) is 2.53. The second-order valence-electron chi connectivity index (χ2n) is 4.54. The highest BCUT2D eigenvalue weighted by Gasteiger charge is 1.99. The summed E-state index contributed by atoms with van der Waals surface area (Å²) < 4.78 is 0. The molecule has 0 aliphatic carbocycles. The summed E-state index contributed by atoms with van der Waals surface area (Å²) in [5.41, 5.74) is 2.68. The molecule has 0 bridgehead atoms. The first kappa shape index (κ1) is 17.1. The normalized spacial score (nSPS) is 10.8. The maximum absolute atomic E-state index is 5.70.